The van der Waals surface area contributed by atoms with Crippen molar-refractivity contribution < 1.29 is 9.90 Å². The molecule has 1 fully saturated rings. The Labute approximate surface area is 112 Å². The lowest BCUT2D eigenvalue weighted by atomic mass is 10.2. The first-order chi connectivity index (χ1) is 9.26. The molecule has 1 aromatic rings. The van der Waals surface area contributed by atoms with Crippen molar-refractivity contribution in [3.63, 3.8) is 0 Å². The van der Waals surface area contributed by atoms with Crippen LogP contribution in [0.2, 0.25) is 0 Å². The zero-order valence-corrected chi connectivity index (χ0v) is 11.2. The van der Waals surface area contributed by atoms with Gasteiger partial charge in [0, 0.05) is 19.6 Å². The van der Waals surface area contributed by atoms with Crippen LogP contribution in [-0.2, 0) is 0 Å². The average molecular weight is 264 g/mol. The van der Waals surface area contributed by atoms with Gasteiger partial charge < -0.3 is 15.3 Å². The predicted octanol–water partition coefficient (Wildman–Crippen LogP) is 0.577. The highest BCUT2D eigenvalue weighted by molar-refractivity contribution is 5.91. The molecule has 6 heteroatoms. The molecule has 0 atom stereocenters. The maximum Gasteiger partial charge on any atom is 0.271 e. The lowest BCUT2D eigenvalue weighted by Crippen LogP contribution is -2.36. The number of carbonyl (C=O) groups excluding carboxylic acids is 1. The number of hydrogen-bond donors (Lipinski definition) is 2. The Hall–Kier alpha value is -1.69. The normalized spacial score (nSPS) is 15.5. The Morgan fingerprint density at radius 3 is 2.68 bits per heavy atom. The topological polar surface area (TPSA) is 78.4 Å². The fraction of sp³-hybridized carbons (Fsp3) is 0.615. The maximum atomic E-state index is 11.4. The molecular weight excluding hydrogens is 244 g/mol. The first-order valence-electron chi connectivity index (χ1n) is 6.69. The van der Waals surface area contributed by atoms with Crippen molar-refractivity contribution in [2.24, 2.45) is 0 Å². The van der Waals surface area contributed by atoms with Crippen molar-refractivity contribution in [1.29, 1.82) is 0 Å². The summed E-state index contributed by atoms with van der Waals surface area (Å²) in [5.74, 6) is 0.488. The van der Waals surface area contributed by atoms with Crippen molar-refractivity contribution in [3.8, 4) is 0 Å². The van der Waals surface area contributed by atoms with Gasteiger partial charge in [-0.3, -0.25) is 4.79 Å². The Kier molecular flexibility index (Phi) is 4.68. The molecule has 0 spiro atoms. The molecule has 1 heterocycles. The van der Waals surface area contributed by atoms with Gasteiger partial charge in [0.2, 0.25) is 0 Å². The Morgan fingerprint density at radius 2 is 2.16 bits per heavy atom. The zero-order chi connectivity index (χ0) is 13.7. The Morgan fingerprint density at radius 1 is 1.42 bits per heavy atom. The molecule has 0 unspecified atom stereocenters. The van der Waals surface area contributed by atoms with E-state index in [1.807, 2.05) is 0 Å². The number of aromatic nitrogens is 2. The zero-order valence-electron chi connectivity index (χ0n) is 11.2. The lowest BCUT2D eigenvalue weighted by Gasteiger charge is -2.28. The SMILES string of the molecule is CNC(=O)c1ccc(N(CCO)C2CCCC2)nn1. The van der Waals surface area contributed by atoms with Crippen LogP contribution in [0.15, 0.2) is 12.1 Å². The summed E-state index contributed by atoms with van der Waals surface area (Å²) >= 11 is 0. The highest BCUT2D eigenvalue weighted by Gasteiger charge is 2.23. The maximum absolute atomic E-state index is 11.4. The van der Waals surface area contributed by atoms with Crippen LogP contribution in [0.4, 0.5) is 5.82 Å². The van der Waals surface area contributed by atoms with Crippen molar-refractivity contribution in [1.82, 2.24) is 15.5 Å². The number of rotatable bonds is 5. The molecule has 19 heavy (non-hydrogen) atoms. The summed E-state index contributed by atoms with van der Waals surface area (Å²) in [6.45, 7) is 0.647. The van der Waals surface area contributed by atoms with Crippen molar-refractivity contribution in [3.05, 3.63) is 17.8 Å². The van der Waals surface area contributed by atoms with Crippen LogP contribution < -0.4 is 10.2 Å². The molecule has 0 aromatic carbocycles. The minimum absolute atomic E-state index is 0.0926. The molecule has 0 bridgehead atoms. The molecule has 2 N–H and O–H groups in total. The van der Waals surface area contributed by atoms with Crippen molar-refractivity contribution in [2.75, 3.05) is 25.1 Å². The van der Waals surface area contributed by atoms with Gasteiger partial charge in [0.05, 0.1) is 6.61 Å². The van der Waals surface area contributed by atoms with Crippen molar-refractivity contribution >= 4 is 11.7 Å². The molecule has 6 nitrogen and oxygen atoms in total. The van der Waals surface area contributed by atoms with Gasteiger partial charge in [-0.05, 0) is 25.0 Å². The molecule has 104 valence electrons. The van der Waals surface area contributed by atoms with Gasteiger partial charge in [-0.25, -0.2) is 0 Å². The second kappa shape index (κ2) is 6.47. The van der Waals surface area contributed by atoms with E-state index >= 15 is 0 Å². The van der Waals surface area contributed by atoms with Gasteiger partial charge in [-0.1, -0.05) is 12.8 Å². The lowest BCUT2D eigenvalue weighted by molar-refractivity contribution is 0.0957. The van der Waals surface area contributed by atoms with Gasteiger partial charge >= 0.3 is 0 Å². The fourth-order valence-corrected chi connectivity index (χ4v) is 2.54. The summed E-state index contributed by atoms with van der Waals surface area (Å²) in [6.07, 6.45) is 4.68. The van der Waals surface area contributed by atoms with E-state index in [-0.39, 0.29) is 12.5 Å². The van der Waals surface area contributed by atoms with Crippen LogP contribution in [0, 0.1) is 0 Å². The van der Waals surface area contributed by atoms with Gasteiger partial charge in [0.25, 0.3) is 5.91 Å². The van der Waals surface area contributed by atoms with Crippen LogP contribution >= 0.6 is 0 Å². The number of nitrogens with zero attached hydrogens (tertiary/aromatic N) is 3. The largest absolute Gasteiger partial charge is 0.395 e. The second-order valence-electron chi connectivity index (χ2n) is 4.71. The Bertz CT molecular complexity index is 415. The van der Waals surface area contributed by atoms with E-state index in [4.69, 9.17) is 0 Å². The van der Waals surface area contributed by atoms with Crippen LogP contribution in [0.1, 0.15) is 36.2 Å². The quantitative estimate of drug-likeness (QED) is 0.813. The smallest absolute Gasteiger partial charge is 0.271 e. The van der Waals surface area contributed by atoms with Gasteiger partial charge in [0.15, 0.2) is 11.5 Å². The fourth-order valence-electron chi connectivity index (χ4n) is 2.54. The molecule has 1 amide bonds. The number of amides is 1. The first-order valence-corrected chi connectivity index (χ1v) is 6.69. The second-order valence-corrected chi connectivity index (χ2v) is 4.71. The number of nitrogens with one attached hydrogen (secondary N) is 1. The summed E-state index contributed by atoms with van der Waals surface area (Å²) in [5, 5.41) is 19.8. The monoisotopic (exact) mass is 264 g/mol. The van der Waals surface area contributed by atoms with Crippen LogP contribution in [0.3, 0.4) is 0 Å². The van der Waals surface area contributed by atoms with Crippen molar-refractivity contribution in [2.45, 2.75) is 31.7 Å². The van der Waals surface area contributed by atoms with E-state index in [1.165, 1.54) is 12.8 Å². The third-order valence-corrected chi connectivity index (χ3v) is 3.51. The molecule has 0 aliphatic heterocycles. The number of anilines is 1. The minimum atomic E-state index is -0.242. The van der Waals surface area contributed by atoms with Crippen LogP contribution in [-0.4, -0.2) is 47.5 Å². The van der Waals surface area contributed by atoms with Crippen LogP contribution in [0.25, 0.3) is 0 Å². The van der Waals surface area contributed by atoms with E-state index in [9.17, 15) is 9.90 Å². The third kappa shape index (κ3) is 3.20. The van der Waals surface area contributed by atoms with E-state index in [0.29, 0.717) is 18.3 Å². The summed E-state index contributed by atoms with van der Waals surface area (Å²) in [6, 6.07) is 3.89. The van der Waals surface area contributed by atoms with E-state index in [2.05, 4.69) is 20.4 Å². The summed E-state index contributed by atoms with van der Waals surface area (Å²) < 4.78 is 0. The third-order valence-electron chi connectivity index (χ3n) is 3.51. The number of aliphatic hydroxyl groups excluding tert-OH is 1. The molecular formula is C13H20N4O2. The van der Waals surface area contributed by atoms with Gasteiger partial charge in [-0.15, -0.1) is 10.2 Å². The number of carbonyl (C=O) groups is 1. The standard InChI is InChI=1S/C13H20N4O2/c1-14-13(19)11-6-7-12(16-15-11)17(8-9-18)10-4-2-3-5-10/h6-7,10,18H,2-5,8-9H2,1H3,(H,14,19). The molecule has 2 rings (SSSR count). The summed E-state index contributed by atoms with van der Waals surface area (Å²) in [4.78, 5) is 13.5. The van der Waals surface area contributed by atoms with E-state index in [0.717, 1.165) is 18.7 Å². The highest BCUT2D eigenvalue weighted by atomic mass is 16.3. The predicted molar refractivity (Wildman–Crippen MR) is 72.1 cm³/mol. The molecule has 1 saturated carbocycles. The number of hydrogen-bond acceptors (Lipinski definition) is 5. The van der Waals surface area contributed by atoms with Gasteiger partial charge in [0.1, 0.15) is 0 Å². The Balaban J connectivity index is 2.14. The molecule has 0 radical (unpaired) electrons. The average Bonchev–Trinajstić information content (AvgIpc) is 2.98. The first kappa shape index (κ1) is 13.7. The highest BCUT2D eigenvalue weighted by Crippen LogP contribution is 2.26. The van der Waals surface area contributed by atoms with E-state index < -0.39 is 0 Å². The van der Waals surface area contributed by atoms with Crippen LogP contribution in [0.5, 0.6) is 0 Å². The molecule has 1 aromatic heterocycles. The van der Waals surface area contributed by atoms with E-state index in [1.54, 1.807) is 19.2 Å². The molecule has 0 saturated heterocycles. The molecule has 1 aliphatic carbocycles. The van der Waals surface area contributed by atoms with Gasteiger partial charge in [-0.2, -0.15) is 0 Å². The minimum Gasteiger partial charge on any atom is -0.395 e. The summed E-state index contributed by atoms with van der Waals surface area (Å²) in [5.41, 5.74) is 0.307. The number of aliphatic hydroxyl groups is 1. The summed E-state index contributed by atoms with van der Waals surface area (Å²) in [7, 11) is 1.56. The molecule has 1 aliphatic rings.